The van der Waals surface area contributed by atoms with Gasteiger partial charge in [-0.25, -0.2) is 4.98 Å². The van der Waals surface area contributed by atoms with Crippen LogP contribution in [-0.4, -0.2) is 22.5 Å². The van der Waals surface area contributed by atoms with Gasteiger partial charge in [0.05, 0.1) is 23.6 Å². The number of aliphatic imine (C=N–C) groups is 1. The van der Waals surface area contributed by atoms with Gasteiger partial charge in [0.2, 0.25) is 0 Å². The van der Waals surface area contributed by atoms with E-state index in [-0.39, 0.29) is 12.3 Å². The number of azide groups is 1. The van der Waals surface area contributed by atoms with Crippen LogP contribution in [0.5, 0.6) is 0 Å². The first kappa shape index (κ1) is 44.8. The number of nitrogens with zero attached hydrogens (tertiary/aromatic N) is 5. The quantitative estimate of drug-likeness (QED) is 0.0279. The number of isothiocyanates is 1. The summed E-state index contributed by atoms with van der Waals surface area (Å²) in [6.45, 7) is -0.111. The van der Waals surface area contributed by atoms with E-state index in [4.69, 9.17) is 9.95 Å². The molecule has 60 heavy (non-hydrogen) atoms. The Bertz CT molecular complexity index is 2480. The molecule has 0 amide bonds. The van der Waals surface area contributed by atoms with E-state index in [1.165, 1.54) is 15.9 Å². The van der Waals surface area contributed by atoms with E-state index in [0.717, 1.165) is 31.6 Å². The third kappa shape index (κ3) is 15.1. The summed E-state index contributed by atoms with van der Waals surface area (Å²) in [5, 5.41) is 12.8. The maximum Gasteiger partial charge on any atom is 0.299 e. The maximum atomic E-state index is 11.1. The summed E-state index contributed by atoms with van der Waals surface area (Å²) in [5.41, 5.74) is 11.3. The topological polar surface area (TPSA) is 116 Å². The van der Waals surface area contributed by atoms with Crippen molar-refractivity contribution >= 4 is 96.2 Å². The molecule has 0 saturated carbocycles. The van der Waals surface area contributed by atoms with E-state index in [2.05, 4.69) is 166 Å². The molecule has 0 aliphatic carbocycles. The zero-order valence-corrected chi connectivity index (χ0v) is 36.9. The largest absolute Gasteiger partial charge is 0.423 e. The van der Waals surface area contributed by atoms with Crippen LogP contribution in [0.1, 0.15) is 10.4 Å². The second-order valence-electron chi connectivity index (χ2n) is 12.2. The van der Waals surface area contributed by atoms with Crippen LogP contribution in [-0.2, 0) is 0 Å². The maximum absolute atomic E-state index is 11.1. The number of oxazole rings is 1. The Morgan fingerprint density at radius 2 is 1.12 bits per heavy atom. The summed E-state index contributed by atoms with van der Waals surface area (Å²) >= 11 is 11.1. The Morgan fingerprint density at radius 3 is 1.58 bits per heavy atom. The second-order valence-corrected chi connectivity index (χ2v) is 16.5. The fourth-order valence-corrected chi connectivity index (χ4v) is 8.22. The molecular weight excluding hydrogens is 915 g/mol. The molecule has 8 aromatic rings. The van der Waals surface area contributed by atoms with Gasteiger partial charge in [-0.05, 0) is 90.1 Å². The first-order valence-electron chi connectivity index (χ1n) is 18.3. The van der Waals surface area contributed by atoms with Gasteiger partial charge in [0, 0.05) is 30.7 Å². The van der Waals surface area contributed by atoms with Crippen molar-refractivity contribution in [2.75, 3.05) is 11.9 Å². The first-order valence-corrected chi connectivity index (χ1v) is 21.7. The van der Waals surface area contributed by atoms with Gasteiger partial charge >= 0.3 is 0 Å². The van der Waals surface area contributed by atoms with Gasteiger partial charge in [0.25, 0.3) is 6.01 Å². The molecule has 0 spiro atoms. The highest BCUT2D eigenvalue weighted by molar-refractivity contribution is 9.10. The number of carbonyl (C=O) groups is 1. The minimum absolute atomic E-state index is 0.111. The summed E-state index contributed by atoms with van der Waals surface area (Å²) in [6.07, 6.45) is 1.72. The molecule has 0 saturated heterocycles. The van der Waals surface area contributed by atoms with Crippen molar-refractivity contribution in [1.82, 2.24) is 4.98 Å². The minimum Gasteiger partial charge on any atom is -0.423 e. The van der Waals surface area contributed by atoms with Crippen LogP contribution in [0.4, 0.5) is 17.4 Å². The van der Waals surface area contributed by atoms with Crippen LogP contribution in [0.15, 0.2) is 230 Å². The number of rotatable bonds is 10. The van der Waals surface area contributed by atoms with Gasteiger partial charge in [-0.2, -0.15) is 4.99 Å². The van der Waals surface area contributed by atoms with Crippen molar-refractivity contribution in [1.29, 1.82) is 0 Å². The van der Waals surface area contributed by atoms with E-state index in [0.29, 0.717) is 11.6 Å². The number of halogens is 2. The molecule has 0 radical (unpaired) electrons. The van der Waals surface area contributed by atoms with Gasteiger partial charge < -0.3 is 9.73 Å². The smallest absolute Gasteiger partial charge is 0.299 e. The molecule has 1 heterocycles. The van der Waals surface area contributed by atoms with Crippen molar-refractivity contribution < 1.29 is 9.21 Å². The van der Waals surface area contributed by atoms with Crippen LogP contribution in [0.25, 0.3) is 21.8 Å². The Balaban J connectivity index is 0.000000157. The summed E-state index contributed by atoms with van der Waals surface area (Å²) < 4.78 is 7.75. The number of nitrogens with one attached hydrogen (secondary N) is 1. The molecule has 0 fully saturated rings. The normalized spacial score (nSPS) is 9.78. The number of hydrogen-bond acceptors (Lipinski definition) is 7. The van der Waals surface area contributed by atoms with E-state index in [1.54, 1.807) is 30.5 Å². The summed E-state index contributed by atoms with van der Waals surface area (Å²) in [5.74, 6) is 0.591. The number of thiocarbonyl (C=S) groups is 1. The number of Topliss-reactive ketones (excluding diaryl/α,β-unsaturated/α-hetero) is 1. The lowest BCUT2D eigenvalue weighted by atomic mass is 10.1. The Labute approximate surface area is 372 Å². The average molecular weight is 953 g/mol. The Kier molecular flexibility index (Phi) is 18.9. The number of aromatic nitrogens is 1. The monoisotopic (exact) mass is 950 g/mol. The van der Waals surface area contributed by atoms with E-state index in [1.807, 2.05) is 84.9 Å². The van der Waals surface area contributed by atoms with Crippen LogP contribution < -0.4 is 21.2 Å². The van der Waals surface area contributed by atoms with Crippen LogP contribution in [0.3, 0.4) is 0 Å². The zero-order valence-electron chi connectivity index (χ0n) is 32.0. The van der Waals surface area contributed by atoms with E-state index >= 15 is 0 Å². The van der Waals surface area contributed by atoms with Crippen LogP contribution in [0, 0.1) is 0 Å². The third-order valence-electron chi connectivity index (χ3n) is 8.08. The summed E-state index contributed by atoms with van der Waals surface area (Å²) in [7, 11) is -0.446. The molecule has 0 atom stereocenters. The minimum atomic E-state index is -0.446. The highest BCUT2D eigenvalue weighted by Crippen LogP contribution is 2.32. The molecule has 0 aliphatic rings. The molecule has 7 aromatic carbocycles. The molecule has 8 rings (SSSR count). The molecule has 8 nitrogen and oxygen atoms in total. The molecular formula is C48H37Br2N6O2PS. The fraction of sp³-hybridized carbons (Fsp3) is 0.0208. The highest BCUT2D eigenvalue weighted by atomic mass is 79.9. The van der Waals surface area contributed by atoms with Crippen molar-refractivity contribution in [2.24, 2.45) is 10.1 Å². The predicted octanol–water partition coefficient (Wildman–Crippen LogP) is 13.7. The second kappa shape index (κ2) is 25.3. The molecule has 1 N–H and O–H groups in total. The van der Waals surface area contributed by atoms with E-state index in [9.17, 15) is 4.79 Å². The van der Waals surface area contributed by atoms with Crippen molar-refractivity contribution in [2.45, 2.75) is 0 Å². The van der Waals surface area contributed by atoms with Crippen molar-refractivity contribution in [3.05, 3.63) is 231 Å². The number of anilines is 2. The van der Waals surface area contributed by atoms with Crippen molar-refractivity contribution in [3.63, 3.8) is 0 Å². The molecule has 296 valence electrons. The lowest BCUT2D eigenvalue weighted by Gasteiger charge is -2.18. The Hall–Kier alpha value is -6.28. The van der Waals surface area contributed by atoms with Gasteiger partial charge in [-0.3, -0.25) is 4.79 Å². The standard InChI is InChI=1S/C18H15P.C15H11BrN2O.C8H7N3O.C7H4BrNS/c1-4-10-16(11-5-1)19(17-12-6-2-7-13-17)18-14-8-3-9-15-18;16-12-6-8-13(9-7-12)18-15-17-10-14(19-15)11-4-2-1-3-5-11;9-11-10-6-8(12)7-4-2-1-3-5-7;8-6-1-3-7(4-2-6)9-5-10/h1-15H;1-10H,(H,17,18);1-5H,6H2;1-4H. The summed E-state index contributed by atoms with van der Waals surface area (Å²) in [4.78, 5) is 21.7. The molecule has 0 bridgehead atoms. The third-order valence-corrected chi connectivity index (χ3v) is 11.7. The number of hydrogen-bond donors (Lipinski definition) is 1. The lowest BCUT2D eigenvalue weighted by molar-refractivity contribution is 0.100. The zero-order chi connectivity index (χ0) is 42.2. The fourth-order valence-electron chi connectivity index (χ4n) is 5.28. The number of benzene rings is 7. The number of carbonyl (C=O) groups excluding carboxylic acids is 1. The number of ketones is 1. The van der Waals surface area contributed by atoms with E-state index < -0.39 is 7.92 Å². The van der Waals surface area contributed by atoms with Crippen LogP contribution in [0.2, 0.25) is 0 Å². The van der Waals surface area contributed by atoms with Gasteiger partial charge in [-0.15, -0.1) is 0 Å². The lowest BCUT2D eigenvalue weighted by Crippen LogP contribution is -2.20. The van der Waals surface area contributed by atoms with Gasteiger partial charge in [0.15, 0.2) is 11.5 Å². The van der Waals surface area contributed by atoms with Crippen LogP contribution >= 0.6 is 52.0 Å². The first-order chi connectivity index (χ1) is 29.4. The highest BCUT2D eigenvalue weighted by Gasteiger charge is 2.15. The summed E-state index contributed by atoms with van der Waals surface area (Å²) in [6, 6.07) is 66.8. The molecule has 0 aliphatic heterocycles. The average Bonchev–Trinajstić information content (AvgIpc) is 3.78. The van der Waals surface area contributed by atoms with Crippen molar-refractivity contribution in [3.8, 4) is 11.3 Å². The predicted molar refractivity (Wildman–Crippen MR) is 258 cm³/mol. The molecule has 12 heteroatoms. The SMILES string of the molecule is Brc1ccc(Nc2ncc(-c3ccccc3)o2)cc1.S=C=Nc1ccc(Br)cc1.[N-]=[N+]=NCC(=O)c1ccccc1.c1ccc(P(c2ccccc2)c2ccccc2)cc1. The van der Waals surface area contributed by atoms with Gasteiger partial charge in [-0.1, -0.05) is 189 Å². The Morgan fingerprint density at radius 1 is 0.667 bits per heavy atom. The van der Waals surface area contributed by atoms with Gasteiger partial charge in [0.1, 0.15) is 0 Å². The molecule has 1 aromatic heterocycles. The molecule has 0 unspecified atom stereocenters.